The molecule has 0 aromatic heterocycles. The predicted octanol–water partition coefficient (Wildman–Crippen LogP) is 4.72. The Hall–Kier alpha value is -2.67. The number of likely N-dealkylation sites (N-methyl/N-ethyl adjacent to an activating group) is 1. The van der Waals surface area contributed by atoms with Gasteiger partial charge in [0.05, 0.1) is 0 Å². The summed E-state index contributed by atoms with van der Waals surface area (Å²) in [5.41, 5.74) is -0.283. The minimum Gasteiger partial charge on any atom is -0.461 e. The molecule has 0 aromatic carbocycles. The van der Waals surface area contributed by atoms with Crippen molar-refractivity contribution in [2.45, 2.75) is 57.7 Å². The summed E-state index contributed by atoms with van der Waals surface area (Å²) < 4.78 is 15.5. The number of esters is 2. The van der Waals surface area contributed by atoms with Crippen LogP contribution in [0.3, 0.4) is 0 Å². The Morgan fingerprint density at radius 2 is 1.97 bits per heavy atom. The molecule has 0 bridgehead atoms. The predicted molar refractivity (Wildman–Crippen MR) is 136 cm³/mol. The van der Waals surface area contributed by atoms with Gasteiger partial charge in [-0.3, -0.25) is 14.5 Å². The van der Waals surface area contributed by atoms with Gasteiger partial charge in [-0.05, 0) is 33.1 Å². The second-order valence-corrected chi connectivity index (χ2v) is 8.71. The molecule has 2 aliphatic heterocycles. The molecule has 1 unspecified atom stereocenters. The highest BCUT2D eigenvalue weighted by Crippen LogP contribution is 2.42. The number of rotatable bonds is 5. The molecule has 1 fully saturated rings. The van der Waals surface area contributed by atoms with Gasteiger partial charge in [0.1, 0.15) is 23.6 Å². The highest BCUT2D eigenvalue weighted by atomic mass is 32.2. The maximum Gasteiger partial charge on any atom is 0.410 e. The van der Waals surface area contributed by atoms with Gasteiger partial charge in [0.15, 0.2) is 12.6 Å². The molecule has 9 nitrogen and oxygen atoms in total. The zero-order valence-corrected chi connectivity index (χ0v) is 18.7. The molecule has 0 aromatic rings. The average molecular weight is 465 g/mol. The van der Waals surface area contributed by atoms with Crippen molar-refractivity contribution < 1.29 is 51.9 Å². The van der Waals surface area contributed by atoms with Gasteiger partial charge in [-0.15, -0.1) is 17.7 Å². The Kier molecular flexibility index (Phi) is 7.42. The van der Waals surface area contributed by atoms with Crippen LogP contribution in [0, 0.1) is 11.8 Å². The van der Waals surface area contributed by atoms with Gasteiger partial charge in [-0.2, -0.15) is 0 Å². The molecule has 0 spiro atoms. The zero-order valence-electron chi connectivity index (χ0n) is 17.9. The van der Waals surface area contributed by atoms with Crippen LogP contribution in [0.25, 0.3) is 0 Å². The molecular formula is C20H52N2O7S. The van der Waals surface area contributed by atoms with Crippen LogP contribution in [-0.4, -0.2) is 77.1 Å². The first-order valence-electron chi connectivity index (χ1n) is 9.30. The second-order valence-electron chi connectivity index (χ2n) is 7.72. The van der Waals surface area contributed by atoms with Crippen LogP contribution >= 0.6 is 11.8 Å². The molecule has 2 amide bonds. The van der Waals surface area contributed by atoms with Crippen molar-refractivity contribution in [1.29, 1.82) is 0 Å². The monoisotopic (exact) mass is 464 g/mol. The molecule has 0 radical (unpaired) electrons. The van der Waals surface area contributed by atoms with Gasteiger partial charge < -0.3 is 19.1 Å². The maximum absolute atomic E-state index is 12.9. The fraction of sp³-hybridized carbons (Fsp3) is 0.600. The zero-order chi connectivity index (χ0) is 22.6. The van der Waals surface area contributed by atoms with Crippen molar-refractivity contribution in [2.75, 3.05) is 20.3 Å². The third kappa shape index (κ3) is 5.27. The van der Waals surface area contributed by atoms with Gasteiger partial charge in [0, 0.05) is 38.1 Å². The molecule has 10 heteroatoms. The van der Waals surface area contributed by atoms with Crippen molar-refractivity contribution in [3.63, 3.8) is 0 Å². The third-order valence-electron chi connectivity index (χ3n) is 4.27. The lowest BCUT2D eigenvalue weighted by atomic mass is 9.97. The van der Waals surface area contributed by atoms with Gasteiger partial charge in [-0.1, -0.05) is 5.92 Å². The summed E-state index contributed by atoms with van der Waals surface area (Å²) >= 11 is 1.26. The van der Waals surface area contributed by atoms with Crippen LogP contribution in [-0.2, 0) is 28.6 Å². The van der Waals surface area contributed by atoms with Crippen LogP contribution in [0.1, 0.15) is 53.2 Å². The molecule has 0 N–H and O–H groups in total. The average Bonchev–Trinajstić information content (AvgIpc) is 2.64. The summed E-state index contributed by atoms with van der Waals surface area (Å²) in [7, 11) is 1.48. The first kappa shape index (κ1) is 23.6. The highest BCUT2D eigenvalue weighted by molar-refractivity contribution is 8.02. The van der Waals surface area contributed by atoms with E-state index >= 15 is 0 Å². The lowest BCUT2D eigenvalue weighted by Gasteiger charge is -2.53. The Morgan fingerprint density at radius 1 is 1.30 bits per heavy atom. The van der Waals surface area contributed by atoms with Gasteiger partial charge in [0.25, 0.3) is 5.91 Å². The van der Waals surface area contributed by atoms with E-state index in [0.717, 1.165) is 0 Å². The summed E-state index contributed by atoms with van der Waals surface area (Å²) in [5, 5.41) is 1.18. The number of amides is 2. The normalized spacial score (nSPS) is 22.5. The Morgan fingerprint density at radius 3 is 2.53 bits per heavy atom. The van der Waals surface area contributed by atoms with E-state index in [0.29, 0.717) is 5.57 Å². The quantitative estimate of drug-likeness (QED) is 0.249. The molecule has 3 atom stereocenters. The molecule has 0 saturated carbocycles. The van der Waals surface area contributed by atoms with E-state index < -0.39 is 47.0 Å². The molecule has 0 aliphatic carbocycles. The number of hydrogen-bond donors (Lipinski definition) is 0. The number of nitrogens with zero attached hydrogens (tertiary/aromatic N) is 2. The van der Waals surface area contributed by atoms with Crippen LogP contribution in [0.4, 0.5) is 4.79 Å². The van der Waals surface area contributed by atoms with Crippen LogP contribution in [0.5, 0.6) is 0 Å². The summed E-state index contributed by atoms with van der Waals surface area (Å²) in [5.74, 6) is 3.64. The number of thioether (sulfide) groups is 1. The van der Waals surface area contributed by atoms with Crippen molar-refractivity contribution in [2.24, 2.45) is 0 Å². The molecule has 190 valence electrons. The van der Waals surface area contributed by atoms with E-state index in [-0.39, 0.29) is 31.8 Å². The fourth-order valence-electron chi connectivity index (χ4n) is 2.91. The molecule has 30 heavy (non-hydrogen) atoms. The molecule has 2 aliphatic rings. The summed E-state index contributed by atoms with van der Waals surface area (Å²) in [6.45, 7) is 7.81. The van der Waals surface area contributed by atoms with E-state index in [9.17, 15) is 19.2 Å². The Bertz CT molecular complexity index is 859. The smallest absolute Gasteiger partial charge is 0.410 e. The minimum atomic E-state index is -1.05. The highest BCUT2D eigenvalue weighted by Gasteiger charge is 2.58. The third-order valence-corrected chi connectivity index (χ3v) is 5.47. The number of ether oxygens (including phenoxy) is 3. The van der Waals surface area contributed by atoms with Crippen molar-refractivity contribution in [3.8, 4) is 11.8 Å². The van der Waals surface area contributed by atoms with E-state index in [2.05, 4.69) is 11.8 Å². The Balaban J connectivity index is -0.0000000739. The molecule has 2 rings (SSSR count). The molecular weight excluding hydrogens is 412 g/mol. The topological polar surface area (TPSA) is 102 Å². The fourth-order valence-corrected chi connectivity index (χ4v) is 4.23. The van der Waals surface area contributed by atoms with Gasteiger partial charge >= 0.3 is 18.0 Å². The SMILES string of the molecule is CC#CCOC(=O)C1C(COC(C)=O)=CS[C@@H]2[C@H](N(C)C(=O)OC(C)(C)C)C(=O)N12.[HH].[HH].[HH].[HH].[HH].[HH].[HH].[HH].[HH].[HH].[HH].[HH].[HH]. The van der Waals surface area contributed by atoms with E-state index in [1.165, 1.54) is 35.5 Å². The van der Waals surface area contributed by atoms with Crippen LogP contribution in [0.2, 0.25) is 0 Å². The number of β-lactam (4-membered cyclic amide) rings is 1. The molecule has 1 saturated heterocycles. The lowest BCUT2D eigenvalue weighted by Crippen LogP contribution is -2.74. The van der Waals surface area contributed by atoms with Crippen LogP contribution < -0.4 is 0 Å². The second kappa shape index (κ2) is 9.43. The van der Waals surface area contributed by atoms with Crippen LogP contribution in [0.15, 0.2) is 11.0 Å². The summed E-state index contributed by atoms with van der Waals surface area (Å²) in [4.78, 5) is 51.8. The van der Waals surface area contributed by atoms with Crippen molar-refractivity contribution in [1.82, 2.24) is 9.80 Å². The Labute approximate surface area is 199 Å². The van der Waals surface area contributed by atoms with Gasteiger partial charge in [0.2, 0.25) is 0 Å². The summed E-state index contributed by atoms with van der Waals surface area (Å²) in [6.07, 6.45) is -0.631. The number of hydrogen-bond acceptors (Lipinski definition) is 8. The van der Waals surface area contributed by atoms with E-state index in [1.807, 2.05) is 0 Å². The van der Waals surface area contributed by atoms with E-state index in [4.69, 9.17) is 14.2 Å². The summed E-state index contributed by atoms with van der Waals surface area (Å²) in [6, 6.07) is -1.84. The van der Waals surface area contributed by atoms with Gasteiger partial charge in [-0.25, -0.2) is 9.59 Å². The number of carbonyl (C=O) groups excluding carboxylic acids is 4. The molecule has 2 heterocycles. The van der Waals surface area contributed by atoms with Crippen molar-refractivity contribution >= 4 is 35.7 Å². The van der Waals surface area contributed by atoms with E-state index in [1.54, 1.807) is 33.1 Å². The minimum absolute atomic E-state index is 0. The standard InChI is InChI=1S/C20H26N2O7S.13H2/c1-7-8-9-27-18(25)14-13(10-28-12(2)23)11-30-17-15(16(24)22(14)17)21(6)19(26)29-20(3,4)5;;;;;;;;;;;;;/h11,14-15,17H,9-10H2,1-6H3;13*1H/t14?,15-,17-;;;;;;;;;;;;;/m1............./s1. The largest absolute Gasteiger partial charge is 0.461 e. The first-order chi connectivity index (χ1) is 14.0. The first-order valence-corrected chi connectivity index (χ1v) is 10.2. The lowest BCUT2D eigenvalue weighted by molar-refractivity contribution is -0.166. The maximum atomic E-state index is 12.9. The van der Waals surface area contributed by atoms with Crippen molar-refractivity contribution in [3.05, 3.63) is 11.0 Å². The number of fused-ring (bicyclic) bond motifs is 1. The number of carbonyl (C=O) groups is 4.